The molecule has 4 heteroatoms. The molecule has 1 aromatic carbocycles. The Balaban J connectivity index is 1.70. The Kier molecular flexibility index (Phi) is 4.59. The van der Waals surface area contributed by atoms with Gasteiger partial charge in [0, 0.05) is 26.2 Å². The van der Waals surface area contributed by atoms with Gasteiger partial charge in [-0.15, -0.1) is 0 Å². The number of carbonyl (C=O) groups excluding carboxylic acids is 1. The van der Waals surface area contributed by atoms with Crippen molar-refractivity contribution in [2.75, 3.05) is 39.3 Å². The van der Waals surface area contributed by atoms with Crippen molar-refractivity contribution >= 4 is 5.91 Å². The largest absolute Gasteiger partial charge is 0.492 e. The van der Waals surface area contributed by atoms with Crippen LogP contribution in [0.25, 0.3) is 0 Å². The molecule has 1 heterocycles. The van der Waals surface area contributed by atoms with E-state index in [9.17, 15) is 4.79 Å². The van der Waals surface area contributed by atoms with Crippen LogP contribution in [-0.2, 0) is 4.79 Å². The Bertz CT molecular complexity index is 381. The molecule has 1 aliphatic rings. The fraction of sp³-hybridized carbons (Fsp3) is 0.500. The third-order valence-corrected chi connectivity index (χ3v) is 3.20. The topological polar surface area (TPSA) is 32.8 Å². The maximum atomic E-state index is 11.7. The summed E-state index contributed by atoms with van der Waals surface area (Å²) in [6.45, 7) is 6.56. The van der Waals surface area contributed by atoms with Crippen molar-refractivity contribution in [3.8, 4) is 5.75 Å². The maximum absolute atomic E-state index is 11.7. The molecule has 1 amide bonds. The van der Waals surface area contributed by atoms with Crippen LogP contribution >= 0.6 is 0 Å². The number of ether oxygens (including phenoxy) is 1. The van der Waals surface area contributed by atoms with E-state index in [2.05, 4.69) is 4.90 Å². The number of amides is 1. The predicted molar refractivity (Wildman–Crippen MR) is 70.6 cm³/mol. The molecule has 0 radical (unpaired) electrons. The summed E-state index contributed by atoms with van der Waals surface area (Å²) in [5.41, 5.74) is 0. The first kappa shape index (κ1) is 12.9. The van der Waals surface area contributed by atoms with Gasteiger partial charge in [-0.1, -0.05) is 18.2 Å². The zero-order chi connectivity index (χ0) is 12.8. The number of hydrogen-bond donors (Lipinski definition) is 0. The number of nitrogens with zero attached hydrogens (tertiary/aromatic N) is 2. The molecule has 98 valence electrons. The van der Waals surface area contributed by atoms with E-state index in [1.165, 1.54) is 0 Å². The number of piperazine rings is 1. The lowest BCUT2D eigenvalue weighted by Crippen LogP contribution is -2.50. The first-order valence-electron chi connectivity index (χ1n) is 6.47. The van der Waals surface area contributed by atoms with Crippen LogP contribution in [0.4, 0.5) is 0 Å². The third-order valence-electron chi connectivity index (χ3n) is 3.20. The van der Waals surface area contributed by atoms with Crippen molar-refractivity contribution in [3.05, 3.63) is 30.3 Å². The molecule has 1 saturated heterocycles. The molecule has 0 aliphatic carbocycles. The van der Waals surface area contributed by atoms with Crippen molar-refractivity contribution < 1.29 is 9.53 Å². The third kappa shape index (κ3) is 3.47. The average Bonchev–Trinajstić information content (AvgIpc) is 2.40. The van der Waals surface area contributed by atoms with Crippen LogP contribution in [0.1, 0.15) is 6.92 Å². The molecule has 0 atom stereocenters. The Labute approximate surface area is 108 Å². The summed E-state index contributed by atoms with van der Waals surface area (Å²) in [5.74, 6) is 1.11. The minimum atomic E-state index is 0.225. The summed E-state index contributed by atoms with van der Waals surface area (Å²) >= 11 is 0. The van der Waals surface area contributed by atoms with Crippen LogP contribution in [0.15, 0.2) is 30.3 Å². The lowest BCUT2D eigenvalue weighted by atomic mass is 10.3. The van der Waals surface area contributed by atoms with Gasteiger partial charge in [-0.05, 0) is 19.1 Å². The molecule has 18 heavy (non-hydrogen) atoms. The van der Waals surface area contributed by atoms with Crippen molar-refractivity contribution in [3.63, 3.8) is 0 Å². The van der Waals surface area contributed by atoms with Gasteiger partial charge in [0.15, 0.2) is 0 Å². The van der Waals surface area contributed by atoms with Gasteiger partial charge >= 0.3 is 0 Å². The normalized spacial score (nSPS) is 16.9. The Morgan fingerprint density at radius 2 is 2.00 bits per heavy atom. The van der Waals surface area contributed by atoms with Crippen LogP contribution in [0.2, 0.25) is 0 Å². The number of hydrogen-bond acceptors (Lipinski definition) is 3. The lowest BCUT2D eigenvalue weighted by molar-refractivity contribution is -0.135. The van der Waals surface area contributed by atoms with Gasteiger partial charge in [-0.3, -0.25) is 9.69 Å². The molecular weight excluding hydrogens is 228 g/mol. The first-order valence-corrected chi connectivity index (χ1v) is 6.47. The summed E-state index contributed by atoms with van der Waals surface area (Å²) in [6, 6.07) is 9.77. The van der Waals surface area contributed by atoms with Gasteiger partial charge in [0.05, 0.1) is 6.54 Å². The van der Waals surface area contributed by atoms with Gasteiger partial charge in [0.1, 0.15) is 12.4 Å². The van der Waals surface area contributed by atoms with Gasteiger partial charge in [0.25, 0.3) is 0 Å². The zero-order valence-corrected chi connectivity index (χ0v) is 10.8. The molecule has 0 bridgehead atoms. The molecule has 1 aliphatic heterocycles. The number of carbonyl (C=O) groups is 1. The van der Waals surface area contributed by atoms with Crippen molar-refractivity contribution in [2.24, 2.45) is 0 Å². The molecule has 0 N–H and O–H groups in total. The second-order valence-corrected chi connectivity index (χ2v) is 4.41. The van der Waals surface area contributed by atoms with Crippen LogP contribution in [-0.4, -0.2) is 55.0 Å². The standard InChI is InChI=1S/C14H20N2O2/c1-2-16-9-8-15(12-14(16)17)10-11-18-13-6-4-3-5-7-13/h3-7H,2,8-12H2,1H3. The van der Waals surface area contributed by atoms with Gasteiger partial charge in [0.2, 0.25) is 5.91 Å². The van der Waals surface area contributed by atoms with E-state index in [0.717, 1.165) is 31.9 Å². The SMILES string of the molecule is CCN1CCN(CCOc2ccccc2)CC1=O. The van der Waals surface area contributed by atoms with Crippen LogP contribution in [0.5, 0.6) is 5.75 Å². The second-order valence-electron chi connectivity index (χ2n) is 4.41. The summed E-state index contributed by atoms with van der Waals surface area (Å²) in [7, 11) is 0. The fourth-order valence-electron chi connectivity index (χ4n) is 2.09. The highest BCUT2D eigenvalue weighted by Crippen LogP contribution is 2.08. The Hall–Kier alpha value is -1.55. The van der Waals surface area contributed by atoms with Crippen LogP contribution in [0, 0.1) is 0 Å². The highest BCUT2D eigenvalue weighted by atomic mass is 16.5. The predicted octanol–water partition coefficient (Wildman–Crippen LogP) is 1.23. The second kappa shape index (κ2) is 6.40. The lowest BCUT2D eigenvalue weighted by Gasteiger charge is -2.33. The van der Waals surface area contributed by atoms with E-state index in [1.54, 1.807) is 0 Å². The molecular formula is C14H20N2O2. The molecule has 2 rings (SSSR count). The zero-order valence-electron chi connectivity index (χ0n) is 10.8. The molecule has 0 aromatic heterocycles. The Morgan fingerprint density at radius 1 is 1.22 bits per heavy atom. The monoisotopic (exact) mass is 248 g/mol. The highest BCUT2D eigenvalue weighted by molar-refractivity contribution is 5.78. The quantitative estimate of drug-likeness (QED) is 0.785. The molecule has 1 fully saturated rings. The smallest absolute Gasteiger partial charge is 0.236 e. The Morgan fingerprint density at radius 3 is 2.67 bits per heavy atom. The van der Waals surface area contributed by atoms with Crippen LogP contribution < -0.4 is 4.74 Å². The highest BCUT2D eigenvalue weighted by Gasteiger charge is 2.21. The fourth-order valence-corrected chi connectivity index (χ4v) is 2.09. The minimum Gasteiger partial charge on any atom is -0.492 e. The van der Waals surface area contributed by atoms with E-state index >= 15 is 0 Å². The van der Waals surface area contributed by atoms with E-state index in [0.29, 0.717) is 13.2 Å². The number of para-hydroxylation sites is 1. The minimum absolute atomic E-state index is 0.225. The first-order chi connectivity index (χ1) is 8.79. The van der Waals surface area contributed by atoms with E-state index in [1.807, 2.05) is 42.2 Å². The summed E-state index contributed by atoms with van der Waals surface area (Å²) in [5, 5.41) is 0. The van der Waals surface area contributed by atoms with Gasteiger partial charge in [-0.2, -0.15) is 0 Å². The number of likely N-dealkylation sites (N-methyl/N-ethyl adjacent to an activating group) is 1. The summed E-state index contributed by atoms with van der Waals surface area (Å²) in [6.07, 6.45) is 0. The van der Waals surface area contributed by atoms with E-state index < -0.39 is 0 Å². The average molecular weight is 248 g/mol. The molecule has 4 nitrogen and oxygen atoms in total. The summed E-state index contributed by atoms with van der Waals surface area (Å²) < 4.78 is 5.63. The van der Waals surface area contributed by atoms with Crippen molar-refractivity contribution in [1.29, 1.82) is 0 Å². The molecule has 0 spiro atoms. The number of rotatable bonds is 5. The molecule has 1 aromatic rings. The molecule has 0 saturated carbocycles. The van der Waals surface area contributed by atoms with Gasteiger partial charge < -0.3 is 9.64 Å². The number of benzene rings is 1. The van der Waals surface area contributed by atoms with Crippen molar-refractivity contribution in [1.82, 2.24) is 9.80 Å². The maximum Gasteiger partial charge on any atom is 0.236 e. The molecule has 0 unspecified atom stereocenters. The van der Waals surface area contributed by atoms with Crippen molar-refractivity contribution in [2.45, 2.75) is 6.92 Å². The van der Waals surface area contributed by atoms with E-state index in [-0.39, 0.29) is 5.91 Å². The summed E-state index contributed by atoms with van der Waals surface area (Å²) in [4.78, 5) is 15.8. The van der Waals surface area contributed by atoms with E-state index in [4.69, 9.17) is 4.74 Å². The van der Waals surface area contributed by atoms with Crippen LogP contribution in [0.3, 0.4) is 0 Å². The van der Waals surface area contributed by atoms with Gasteiger partial charge in [-0.25, -0.2) is 0 Å².